The molecule has 0 amide bonds. The molecule has 0 bridgehead atoms. The first-order valence-electron chi connectivity index (χ1n) is 10.2. The van der Waals surface area contributed by atoms with Gasteiger partial charge < -0.3 is 21.9 Å². The molecule has 0 saturated heterocycles. The Bertz CT molecular complexity index is 867. The van der Waals surface area contributed by atoms with E-state index >= 15 is 0 Å². The summed E-state index contributed by atoms with van der Waals surface area (Å²) in [5, 5.41) is 2.23. The molecule has 4 heteroatoms. The zero-order valence-corrected chi connectivity index (χ0v) is 22.3. The van der Waals surface area contributed by atoms with Gasteiger partial charge in [-0.2, -0.15) is 0 Å². The van der Waals surface area contributed by atoms with Crippen LogP contribution < -0.4 is 43.1 Å². The predicted octanol–water partition coefficient (Wildman–Crippen LogP) is 0.916. The van der Waals surface area contributed by atoms with Crippen molar-refractivity contribution in [2.45, 2.75) is 0 Å². The van der Waals surface area contributed by atoms with E-state index in [1.165, 1.54) is 26.1 Å². The van der Waals surface area contributed by atoms with Crippen molar-refractivity contribution >= 4 is 42.0 Å². The molecule has 0 saturated carbocycles. The summed E-state index contributed by atoms with van der Waals surface area (Å²) in [4.78, 5) is 1.42. The average molecular weight is 559 g/mol. The molecule has 162 valence electrons. The fourth-order valence-corrected chi connectivity index (χ4v) is 11.3. The summed E-state index contributed by atoms with van der Waals surface area (Å²) in [6.45, 7) is 0. The smallest absolute Gasteiger partial charge is 0.0661 e. The van der Waals surface area contributed by atoms with Crippen LogP contribution in [-0.4, -0.2) is 21.1 Å². The largest absolute Gasteiger partial charge is 1.00 e. The van der Waals surface area contributed by atoms with Gasteiger partial charge in [-0.25, -0.2) is 0 Å². The molecule has 4 rings (SSSR count). The summed E-state index contributed by atoms with van der Waals surface area (Å²) < 4.78 is 0. The monoisotopic (exact) mass is 557 g/mol. The Morgan fingerprint density at radius 1 is 0.452 bits per heavy atom. The third kappa shape index (κ3) is 5.02. The summed E-state index contributed by atoms with van der Waals surface area (Å²) >= 11 is 4.46. The fourth-order valence-electron chi connectivity index (χ4n) is 3.73. The molecule has 31 heavy (non-hydrogen) atoms. The fraction of sp³-hybridized carbons (Fsp3) is 0.111. The normalized spacial score (nSPS) is 12.0. The van der Waals surface area contributed by atoms with Crippen LogP contribution in [0.25, 0.3) is 0 Å². The molecule has 1 nitrogen and oxygen atoms in total. The van der Waals surface area contributed by atoms with Gasteiger partial charge in [0.15, 0.2) is 0 Å². The van der Waals surface area contributed by atoms with Crippen LogP contribution in [0.4, 0.5) is 0 Å². The molecular formula is C27H30Br2NP. The Morgan fingerprint density at radius 3 is 0.774 bits per heavy atom. The van der Waals surface area contributed by atoms with E-state index in [1.54, 1.807) is 0 Å². The van der Waals surface area contributed by atoms with E-state index in [-0.39, 0.29) is 17.0 Å². The number of hydrogen-bond acceptors (Lipinski definition) is 0. The second-order valence-corrected chi connectivity index (χ2v) is 16.2. The molecule has 0 aliphatic carbocycles. The van der Waals surface area contributed by atoms with E-state index in [0.717, 1.165) is 0 Å². The molecule has 0 radical (unpaired) electrons. The first-order valence-corrected chi connectivity index (χ1v) is 14.5. The van der Waals surface area contributed by atoms with E-state index in [0.29, 0.717) is 0 Å². The Hall–Kier alpha value is -1.77. The Morgan fingerprint density at radius 2 is 0.613 bits per heavy atom. The van der Waals surface area contributed by atoms with Crippen LogP contribution >= 0.6 is 20.8 Å². The molecule has 0 unspecified atom stereocenters. The third-order valence-corrected chi connectivity index (χ3v) is 15.0. The van der Waals surface area contributed by atoms with Crippen molar-refractivity contribution in [3.05, 3.63) is 121 Å². The molecule has 0 aromatic heterocycles. The zero-order valence-electron chi connectivity index (χ0n) is 18.3. The van der Waals surface area contributed by atoms with Crippen molar-refractivity contribution in [1.82, 2.24) is 0 Å². The molecule has 0 aliphatic rings. The zero-order chi connectivity index (χ0) is 21.5. The van der Waals surface area contributed by atoms with Crippen molar-refractivity contribution in [3.63, 3.8) is 0 Å². The Labute approximate surface area is 205 Å². The van der Waals surface area contributed by atoms with Gasteiger partial charge in [-0.1, -0.05) is 0 Å². The molecule has 0 spiro atoms. The minimum Gasteiger partial charge on any atom is -1.00 e. The molecule has 0 fully saturated rings. The average Bonchev–Trinajstić information content (AvgIpc) is 2.81. The number of rotatable bonds is 4. The Balaban J connectivity index is 0.000000631. The molecule has 0 aliphatic heterocycles. The maximum atomic E-state index is 4.46. The van der Waals surface area contributed by atoms with Crippen LogP contribution in [-0.2, 0) is 0 Å². The number of benzene rings is 4. The molecule has 1 N–H and O–H groups in total. The van der Waals surface area contributed by atoms with Gasteiger partial charge in [0.05, 0.1) is 21.1 Å². The van der Waals surface area contributed by atoms with Gasteiger partial charge in [0.2, 0.25) is 0 Å². The van der Waals surface area contributed by atoms with Crippen LogP contribution in [0, 0.1) is 0 Å². The van der Waals surface area contributed by atoms with Gasteiger partial charge in [-0.3, -0.25) is 0 Å². The van der Waals surface area contributed by atoms with E-state index < -0.39 is 5.31 Å². The molecule has 0 heterocycles. The first-order chi connectivity index (χ1) is 14.5. The minimum atomic E-state index is -3.00. The van der Waals surface area contributed by atoms with Crippen LogP contribution in [0.1, 0.15) is 0 Å². The second kappa shape index (κ2) is 11.2. The quantitative estimate of drug-likeness (QED) is 0.355. The summed E-state index contributed by atoms with van der Waals surface area (Å²) in [6.07, 6.45) is 0. The molecule has 4 aromatic rings. The van der Waals surface area contributed by atoms with Crippen molar-refractivity contribution in [3.8, 4) is 0 Å². The third-order valence-electron chi connectivity index (χ3n) is 4.96. The van der Waals surface area contributed by atoms with Crippen LogP contribution in [0.5, 0.6) is 0 Å². The molecule has 4 aromatic carbocycles. The number of nitrogens with one attached hydrogen (secondary N) is 1. The number of hydrogen-bond donors (Lipinski definition) is 1. The van der Waals surface area contributed by atoms with Crippen LogP contribution in [0.2, 0.25) is 0 Å². The van der Waals surface area contributed by atoms with Crippen LogP contribution in [0.3, 0.4) is 0 Å². The van der Waals surface area contributed by atoms with Gasteiger partial charge in [0.1, 0.15) is 0 Å². The molecular weight excluding hydrogens is 529 g/mol. The summed E-state index contributed by atoms with van der Waals surface area (Å²) in [6, 6.07) is 43.4. The van der Waals surface area contributed by atoms with Gasteiger partial charge in [-0.15, -0.1) is 0 Å². The first kappa shape index (κ1) is 25.5. The van der Waals surface area contributed by atoms with Gasteiger partial charge in [-0.05, 0) is 0 Å². The second-order valence-electron chi connectivity index (χ2n) is 7.85. The number of quaternary nitrogens is 1. The predicted molar refractivity (Wildman–Crippen MR) is 139 cm³/mol. The van der Waals surface area contributed by atoms with Crippen LogP contribution in [0.15, 0.2) is 121 Å². The van der Waals surface area contributed by atoms with E-state index in [2.05, 4.69) is 158 Å². The van der Waals surface area contributed by atoms with Gasteiger partial charge in [0, 0.05) is 0 Å². The topological polar surface area (TPSA) is 4.44 Å². The number of halogens is 2. The Kier molecular flexibility index (Phi) is 9.21. The summed E-state index contributed by atoms with van der Waals surface area (Å²) in [5.41, 5.74) is 0. The molecule has 0 atom stereocenters. The van der Waals surface area contributed by atoms with E-state index in [4.69, 9.17) is 0 Å². The minimum absolute atomic E-state index is 0. The van der Waals surface area contributed by atoms with Gasteiger partial charge in [0.25, 0.3) is 0 Å². The van der Waals surface area contributed by atoms with Gasteiger partial charge >= 0.3 is 163 Å². The summed E-state index contributed by atoms with van der Waals surface area (Å²) in [5.74, 6) is 0. The summed E-state index contributed by atoms with van der Waals surface area (Å²) in [7, 11) is 6.25. The van der Waals surface area contributed by atoms with E-state index in [1.807, 2.05) is 0 Å². The standard InChI is InChI=1S/C24H20BrP.C3H9N.BrH/c25-26(21-13-5-1-6-14-21,22-15-7-2-8-16-22,23-17-9-3-10-18-23)24-19-11-4-12-20-24;1-4(2)3;/h1-20H;1-3H3;1H. The maximum absolute atomic E-state index is 4.46. The van der Waals surface area contributed by atoms with E-state index in [9.17, 15) is 0 Å². The van der Waals surface area contributed by atoms with Crippen molar-refractivity contribution in [1.29, 1.82) is 0 Å². The van der Waals surface area contributed by atoms with Crippen molar-refractivity contribution in [2.24, 2.45) is 0 Å². The SMILES string of the molecule is BrP(c1ccccc1)(c1ccccc1)(c1ccccc1)c1ccccc1.C[NH+](C)C.[Br-]. The van der Waals surface area contributed by atoms with Crippen molar-refractivity contribution in [2.75, 3.05) is 21.1 Å². The van der Waals surface area contributed by atoms with Crippen molar-refractivity contribution < 1.29 is 21.9 Å². The maximum Gasteiger partial charge on any atom is 0.0661 e.